The van der Waals surface area contributed by atoms with Crippen LogP contribution in [0.25, 0.3) is 22.6 Å². The summed E-state index contributed by atoms with van der Waals surface area (Å²) in [6.45, 7) is 6.03. The zero-order valence-electron chi connectivity index (χ0n) is 17.3. The molecule has 6 nitrogen and oxygen atoms in total. The normalized spacial score (nSPS) is 17.1. The molecule has 0 unspecified atom stereocenters. The number of anilines is 2. The molecule has 0 bridgehead atoms. The summed E-state index contributed by atoms with van der Waals surface area (Å²) in [5.74, 6) is 1.69. The van der Waals surface area contributed by atoms with Crippen molar-refractivity contribution < 1.29 is 9.47 Å². The van der Waals surface area contributed by atoms with E-state index < -0.39 is 0 Å². The average Bonchev–Trinajstić information content (AvgIpc) is 2.85. The first-order valence-electron chi connectivity index (χ1n) is 10.7. The first-order valence-corrected chi connectivity index (χ1v) is 11.1. The second-order valence-electron chi connectivity index (χ2n) is 7.64. The van der Waals surface area contributed by atoms with Crippen molar-refractivity contribution in [1.29, 1.82) is 0 Å². The van der Waals surface area contributed by atoms with Gasteiger partial charge in [0.05, 0.1) is 32.1 Å². The van der Waals surface area contributed by atoms with E-state index in [2.05, 4.69) is 21.9 Å². The quantitative estimate of drug-likeness (QED) is 0.612. The molecule has 7 heteroatoms. The monoisotopic (exact) mass is 436 g/mol. The molecular weight excluding hydrogens is 412 g/mol. The van der Waals surface area contributed by atoms with E-state index in [0.717, 1.165) is 60.3 Å². The third-order valence-electron chi connectivity index (χ3n) is 5.65. The largest absolute Gasteiger partial charge is 0.378 e. The number of aromatic nitrogens is 2. The fourth-order valence-electron chi connectivity index (χ4n) is 4.04. The molecule has 2 saturated heterocycles. The van der Waals surface area contributed by atoms with Gasteiger partial charge in [-0.1, -0.05) is 54.1 Å². The van der Waals surface area contributed by atoms with Crippen LogP contribution in [0.1, 0.15) is 0 Å². The van der Waals surface area contributed by atoms with Gasteiger partial charge in [0.1, 0.15) is 5.69 Å². The van der Waals surface area contributed by atoms with Crippen molar-refractivity contribution in [1.82, 2.24) is 9.97 Å². The minimum Gasteiger partial charge on any atom is -0.378 e. The maximum atomic E-state index is 6.19. The molecule has 0 amide bonds. The summed E-state index contributed by atoms with van der Waals surface area (Å²) >= 11 is 6.19. The van der Waals surface area contributed by atoms with Crippen molar-refractivity contribution in [2.45, 2.75) is 0 Å². The number of ether oxygens (including phenoxy) is 2. The highest BCUT2D eigenvalue weighted by molar-refractivity contribution is 6.30. The Kier molecular flexibility index (Phi) is 6.02. The molecule has 0 radical (unpaired) electrons. The van der Waals surface area contributed by atoms with Crippen molar-refractivity contribution in [2.24, 2.45) is 0 Å². The lowest BCUT2D eigenvalue weighted by Gasteiger charge is -2.36. The zero-order chi connectivity index (χ0) is 21.0. The van der Waals surface area contributed by atoms with E-state index in [1.165, 1.54) is 0 Å². The predicted octanol–water partition coefficient (Wildman–Crippen LogP) is 4.14. The van der Waals surface area contributed by atoms with Gasteiger partial charge in [0.25, 0.3) is 0 Å². The number of hydrogen-bond acceptors (Lipinski definition) is 6. The standard InChI is InChI=1S/C24H25ClN4O2/c25-20-8-6-18(7-9-20)21-22(28-10-14-30-15-11-28)24(29-12-16-31-17-13-29)27-23(26-21)19-4-2-1-3-5-19/h1-9H,10-17H2. The summed E-state index contributed by atoms with van der Waals surface area (Å²) < 4.78 is 11.2. The summed E-state index contributed by atoms with van der Waals surface area (Å²) in [6.07, 6.45) is 0. The predicted molar refractivity (Wildman–Crippen MR) is 124 cm³/mol. The Balaban J connectivity index is 1.73. The molecule has 31 heavy (non-hydrogen) atoms. The Labute approximate surface area is 187 Å². The molecule has 0 aliphatic carbocycles. The van der Waals surface area contributed by atoms with Crippen LogP contribution >= 0.6 is 11.6 Å². The molecule has 3 aromatic rings. The summed E-state index contributed by atoms with van der Waals surface area (Å²) in [5, 5.41) is 0.711. The summed E-state index contributed by atoms with van der Waals surface area (Å²) in [7, 11) is 0. The Bertz CT molecular complexity index is 1020. The smallest absolute Gasteiger partial charge is 0.162 e. The van der Waals surface area contributed by atoms with Gasteiger partial charge in [-0.25, -0.2) is 9.97 Å². The number of nitrogens with zero attached hydrogens (tertiary/aromatic N) is 4. The van der Waals surface area contributed by atoms with Gasteiger partial charge in [-0.15, -0.1) is 0 Å². The van der Waals surface area contributed by atoms with Crippen molar-refractivity contribution in [3.63, 3.8) is 0 Å². The van der Waals surface area contributed by atoms with E-state index in [-0.39, 0.29) is 0 Å². The third-order valence-corrected chi connectivity index (χ3v) is 5.91. The molecule has 0 N–H and O–H groups in total. The van der Waals surface area contributed by atoms with Crippen LogP contribution in [0.5, 0.6) is 0 Å². The van der Waals surface area contributed by atoms with Gasteiger partial charge >= 0.3 is 0 Å². The van der Waals surface area contributed by atoms with E-state index in [1.54, 1.807) is 0 Å². The molecular formula is C24H25ClN4O2. The topological polar surface area (TPSA) is 50.7 Å². The van der Waals surface area contributed by atoms with Gasteiger partial charge < -0.3 is 19.3 Å². The average molecular weight is 437 g/mol. The molecule has 160 valence electrons. The van der Waals surface area contributed by atoms with Gasteiger partial charge in [0.2, 0.25) is 0 Å². The molecule has 0 spiro atoms. The third kappa shape index (κ3) is 4.37. The minimum absolute atomic E-state index is 0.697. The van der Waals surface area contributed by atoms with E-state index in [0.29, 0.717) is 31.5 Å². The van der Waals surface area contributed by atoms with Crippen molar-refractivity contribution in [2.75, 3.05) is 62.4 Å². The van der Waals surface area contributed by atoms with Crippen LogP contribution in [0.3, 0.4) is 0 Å². The minimum atomic E-state index is 0.697. The van der Waals surface area contributed by atoms with Crippen LogP contribution < -0.4 is 9.80 Å². The first kappa shape index (κ1) is 20.2. The van der Waals surface area contributed by atoms with Gasteiger partial charge in [-0.2, -0.15) is 0 Å². The lowest BCUT2D eigenvalue weighted by Crippen LogP contribution is -2.41. The maximum absolute atomic E-state index is 6.19. The molecule has 2 fully saturated rings. The highest BCUT2D eigenvalue weighted by atomic mass is 35.5. The SMILES string of the molecule is Clc1ccc(-c2nc(-c3ccccc3)nc(N3CCOCC3)c2N2CCOCC2)cc1. The highest BCUT2D eigenvalue weighted by Crippen LogP contribution is 2.39. The zero-order valence-corrected chi connectivity index (χ0v) is 18.1. The van der Waals surface area contributed by atoms with Crippen molar-refractivity contribution >= 4 is 23.1 Å². The van der Waals surface area contributed by atoms with Gasteiger partial charge in [-0.3, -0.25) is 0 Å². The number of rotatable bonds is 4. The Morgan fingerprint density at radius 1 is 0.677 bits per heavy atom. The molecule has 0 saturated carbocycles. The van der Waals surface area contributed by atoms with Crippen molar-refractivity contribution in [3.05, 3.63) is 59.6 Å². The van der Waals surface area contributed by atoms with E-state index >= 15 is 0 Å². The summed E-state index contributed by atoms with van der Waals surface area (Å²) in [4.78, 5) is 14.9. The number of halogens is 1. The Morgan fingerprint density at radius 3 is 1.94 bits per heavy atom. The second-order valence-corrected chi connectivity index (χ2v) is 8.08. The molecule has 0 atom stereocenters. The fraction of sp³-hybridized carbons (Fsp3) is 0.333. The lowest BCUT2D eigenvalue weighted by molar-refractivity contribution is 0.120. The van der Waals surface area contributed by atoms with Gasteiger partial charge in [0, 0.05) is 42.3 Å². The molecule has 2 aliphatic rings. The molecule has 2 aromatic carbocycles. The number of morpholine rings is 2. The lowest BCUT2D eigenvalue weighted by atomic mass is 10.1. The van der Waals surface area contributed by atoms with Crippen LogP contribution in [0.4, 0.5) is 11.5 Å². The van der Waals surface area contributed by atoms with Gasteiger partial charge in [-0.05, 0) is 12.1 Å². The van der Waals surface area contributed by atoms with E-state index in [4.69, 9.17) is 31.0 Å². The number of benzene rings is 2. The van der Waals surface area contributed by atoms with Crippen LogP contribution in [0, 0.1) is 0 Å². The van der Waals surface area contributed by atoms with E-state index in [9.17, 15) is 0 Å². The Hall–Kier alpha value is -2.67. The highest BCUT2D eigenvalue weighted by Gasteiger charge is 2.27. The van der Waals surface area contributed by atoms with Gasteiger partial charge in [0.15, 0.2) is 11.6 Å². The van der Waals surface area contributed by atoms with Crippen LogP contribution in [-0.4, -0.2) is 62.6 Å². The first-order chi connectivity index (χ1) is 15.3. The molecule has 3 heterocycles. The van der Waals surface area contributed by atoms with Crippen LogP contribution in [0.15, 0.2) is 54.6 Å². The van der Waals surface area contributed by atoms with Crippen LogP contribution in [-0.2, 0) is 9.47 Å². The van der Waals surface area contributed by atoms with Crippen molar-refractivity contribution in [3.8, 4) is 22.6 Å². The molecule has 5 rings (SSSR count). The second kappa shape index (κ2) is 9.22. The summed E-state index contributed by atoms with van der Waals surface area (Å²) in [5.41, 5.74) is 4.02. The number of hydrogen-bond donors (Lipinski definition) is 0. The molecule has 1 aromatic heterocycles. The van der Waals surface area contributed by atoms with Crippen LogP contribution in [0.2, 0.25) is 5.02 Å². The maximum Gasteiger partial charge on any atom is 0.162 e. The molecule has 2 aliphatic heterocycles. The Morgan fingerprint density at radius 2 is 1.29 bits per heavy atom. The van der Waals surface area contributed by atoms with E-state index in [1.807, 2.05) is 42.5 Å². The summed E-state index contributed by atoms with van der Waals surface area (Å²) in [6, 6.07) is 18.1. The fourth-order valence-corrected chi connectivity index (χ4v) is 4.17.